The Kier molecular flexibility index (Phi) is 6.12. The number of amides is 4. The number of benzene rings is 2. The SMILES string of the molecule is CC(C)N(Cc1ccccc1)C(=O)CN1C(=O)NC(C)(c2ccc(F)cc2Cl)C1=O. The van der Waals surface area contributed by atoms with Gasteiger partial charge in [-0.15, -0.1) is 0 Å². The summed E-state index contributed by atoms with van der Waals surface area (Å²) >= 11 is 6.11. The number of halogens is 2. The number of rotatable bonds is 6. The molecule has 158 valence electrons. The fourth-order valence-electron chi connectivity index (χ4n) is 3.48. The fraction of sp³-hybridized carbons (Fsp3) is 0.318. The average molecular weight is 432 g/mol. The van der Waals surface area contributed by atoms with Crippen LogP contribution in [-0.4, -0.2) is 40.2 Å². The van der Waals surface area contributed by atoms with Gasteiger partial charge in [-0.3, -0.25) is 14.5 Å². The molecule has 1 fully saturated rings. The molecule has 6 nitrogen and oxygen atoms in total. The van der Waals surface area contributed by atoms with Crippen molar-refractivity contribution >= 4 is 29.4 Å². The molecule has 4 amide bonds. The molecular weight excluding hydrogens is 409 g/mol. The number of nitrogens with one attached hydrogen (secondary N) is 1. The van der Waals surface area contributed by atoms with E-state index < -0.39 is 29.8 Å². The van der Waals surface area contributed by atoms with Crippen molar-refractivity contribution in [3.63, 3.8) is 0 Å². The van der Waals surface area contributed by atoms with Gasteiger partial charge in [-0.25, -0.2) is 9.18 Å². The van der Waals surface area contributed by atoms with Gasteiger partial charge >= 0.3 is 6.03 Å². The van der Waals surface area contributed by atoms with Crippen LogP contribution in [0.15, 0.2) is 48.5 Å². The Morgan fingerprint density at radius 1 is 1.20 bits per heavy atom. The summed E-state index contributed by atoms with van der Waals surface area (Å²) in [5, 5.41) is 2.61. The monoisotopic (exact) mass is 431 g/mol. The zero-order valence-electron chi connectivity index (χ0n) is 17.0. The second-order valence-corrected chi connectivity index (χ2v) is 8.08. The number of carbonyl (C=O) groups is 3. The number of nitrogens with zero attached hydrogens (tertiary/aromatic N) is 2. The highest BCUT2D eigenvalue weighted by Gasteiger charge is 2.50. The van der Waals surface area contributed by atoms with Crippen LogP contribution < -0.4 is 5.32 Å². The van der Waals surface area contributed by atoms with E-state index in [-0.39, 0.29) is 22.5 Å². The summed E-state index contributed by atoms with van der Waals surface area (Å²) in [6, 6.07) is 12.2. The second-order valence-electron chi connectivity index (χ2n) is 7.67. The molecule has 1 aliphatic heterocycles. The first-order chi connectivity index (χ1) is 14.1. The molecular formula is C22H23ClFN3O3. The molecule has 1 aliphatic rings. The molecule has 1 atom stereocenters. The van der Waals surface area contributed by atoms with Gasteiger partial charge in [0.05, 0.1) is 0 Å². The van der Waals surface area contributed by atoms with Crippen LogP contribution in [-0.2, 0) is 21.7 Å². The lowest BCUT2D eigenvalue weighted by Crippen LogP contribution is -2.46. The number of hydrogen-bond acceptors (Lipinski definition) is 3. The molecule has 0 aliphatic carbocycles. The molecule has 0 spiro atoms. The molecule has 1 heterocycles. The summed E-state index contributed by atoms with van der Waals surface area (Å²) in [6.45, 7) is 5.19. The maximum Gasteiger partial charge on any atom is 0.325 e. The summed E-state index contributed by atoms with van der Waals surface area (Å²) in [4.78, 5) is 41.1. The van der Waals surface area contributed by atoms with Crippen molar-refractivity contribution < 1.29 is 18.8 Å². The average Bonchev–Trinajstić information content (AvgIpc) is 2.90. The Balaban J connectivity index is 1.81. The zero-order valence-corrected chi connectivity index (χ0v) is 17.7. The van der Waals surface area contributed by atoms with Gasteiger partial charge in [0.15, 0.2) is 0 Å². The zero-order chi connectivity index (χ0) is 22.1. The van der Waals surface area contributed by atoms with Crippen molar-refractivity contribution in [3.05, 3.63) is 70.5 Å². The third-order valence-corrected chi connectivity index (χ3v) is 5.49. The van der Waals surface area contributed by atoms with E-state index in [2.05, 4.69) is 5.32 Å². The molecule has 3 rings (SSSR count). The first-order valence-electron chi connectivity index (χ1n) is 9.56. The molecule has 2 aromatic carbocycles. The lowest BCUT2D eigenvalue weighted by Gasteiger charge is -2.29. The fourth-order valence-corrected chi connectivity index (χ4v) is 3.84. The third kappa shape index (κ3) is 4.16. The number of hydrogen-bond donors (Lipinski definition) is 1. The molecule has 1 N–H and O–H groups in total. The Morgan fingerprint density at radius 2 is 1.87 bits per heavy atom. The van der Waals surface area contributed by atoms with Crippen molar-refractivity contribution in [1.82, 2.24) is 15.1 Å². The molecule has 30 heavy (non-hydrogen) atoms. The van der Waals surface area contributed by atoms with Gasteiger partial charge in [0.1, 0.15) is 17.9 Å². The van der Waals surface area contributed by atoms with Crippen molar-refractivity contribution in [2.45, 2.75) is 38.9 Å². The van der Waals surface area contributed by atoms with E-state index in [0.29, 0.717) is 6.54 Å². The topological polar surface area (TPSA) is 69.7 Å². The van der Waals surface area contributed by atoms with E-state index in [4.69, 9.17) is 11.6 Å². The van der Waals surface area contributed by atoms with Crippen LogP contribution in [0.3, 0.4) is 0 Å². The van der Waals surface area contributed by atoms with Crippen LogP contribution in [0.1, 0.15) is 31.9 Å². The smallest absolute Gasteiger partial charge is 0.325 e. The highest BCUT2D eigenvalue weighted by Crippen LogP contribution is 2.34. The van der Waals surface area contributed by atoms with Gasteiger partial charge in [-0.2, -0.15) is 0 Å². The van der Waals surface area contributed by atoms with E-state index in [0.717, 1.165) is 16.5 Å². The Hall–Kier alpha value is -2.93. The summed E-state index contributed by atoms with van der Waals surface area (Å²) in [5.74, 6) is -1.52. The van der Waals surface area contributed by atoms with Crippen molar-refractivity contribution in [1.29, 1.82) is 0 Å². The van der Waals surface area contributed by atoms with Gasteiger partial charge in [0.25, 0.3) is 5.91 Å². The standard InChI is InChI=1S/C22H23ClFN3O3/c1-14(2)26(12-15-7-5-4-6-8-15)19(28)13-27-20(29)22(3,25-21(27)30)17-10-9-16(24)11-18(17)23/h4-11,14H,12-13H2,1-3H3,(H,25,30). The minimum absolute atomic E-state index is 0.0206. The van der Waals surface area contributed by atoms with Gasteiger partial charge in [0.2, 0.25) is 5.91 Å². The van der Waals surface area contributed by atoms with Crippen LogP contribution >= 0.6 is 11.6 Å². The first kappa shape index (κ1) is 21.8. The molecule has 0 bridgehead atoms. The van der Waals surface area contributed by atoms with Gasteiger partial charge in [-0.1, -0.05) is 48.0 Å². The maximum atomic E-state index is 13.4. The van der Waals surface area contributed by atoms with E-state index in [1.54, 1.807) is 4.90 Å². The van der Waals surface area contributed by atoms with Crippen molar-refractivity contribution in [3.8, 4) is 0 Å². The van der Waals surface area contributed by atoms with Crippen LogP contribution in [0.25, 0.3) is 0 Å². The van der Waals surface area contributed by atoms with Gasteiger partial charge in [-0.05, 0) is 38.5 Å². The van der Waals surface area contributed by atoms with Gasteiger partial charge in [0, 0.05) is 23.2 Å². The van der Waals surface area contributed by atoms with E-state index in [1.165, 1.54) is 19.1 Å². The number of carbonyl (C=O) groups excluding carboxylic acids is 3. The Bertz CT molecular complexity index is 983. The van der Waals surface area contributed by atoms with E-state index in [9.17, 15) is 18.8 Å². The molecule has 1 unspecified atom stereocenters. The predicted molar refractivity (Wildman–Crippen MR) is 111 cm³/mol. The Morgan fingerprint density at radius 3 is 2.47 bits per heavy atom. The lowest BCUT2D eigenvalue weighted by atomic mass is 9.92. The molecule has 0 saturated carbocycles. The first-order valence-corrected chi connectivity index (χ1v) is 9.94. The molecule has 0 aromatic heterocycles. The quantitative estimate of drug-likeness (QED) is 0.709. The molecule has 0 radical (unpaired) electrons. The van der Waals surface area contributed by atoms with Crippen molar-refractivity contribution in [2.75, 3.05) is 6.54 Å². The van der Waals surface area contributed by atoms with Gasteiger partial charge < -0.3 is 10.2 Å². The molecule has 1 saturated heterocycles. The summed E-state index contributed by atoms with van der Waals surface area (Å²) in [6.07, 6.45) is 0. The normalized spacial score (nSPS) is 18.7. The van der Waals surface area contributed by atoms with E-state index >= 15 is 0 Å². The Labute approximate surface area is 179 Å². The largest absolute Gasteiger partial charge is 0.334 e. The minimum Gasteiger partial charge on any atom is -0.334 e. The van der Waals surface area contributed by atoms with E-state index in [1.807, 2.05) is 44.2 Å². The summed E-state index contributed by atoms with van der Waals surface area (Å²) in [7, 11) is 0. The third-order valence-electron chi connectivity index (χ3n) is 5.18. The maximum absolute atomic E-state index is 13.4. The van der Waals surface area contributed by atoms with Crippen molar-refractivity contribution in [2.24, 2.45) is 0 Å². The number of urea groups is 1. The summed E-state index contributed by atoms with van der Waals surface area (Å²) in [5.41, 5.74) is -0.270. The highest BCUT2D eigenvalue weighted by atomic mass is 35.5. The predicted octanol–water partition coefficient (Wildman–Crippen LogP) is 3.68. The summed E-state index contributed by atoms with van der Waals surface area (Å²) < 4.78 is 13.4. The second kappa shape index (κ2) is 8.44. The molecule has 8 heteroatoms. The van der Waals surface area contributed by atoms with Crippen LogP contribution in [0, 0.1) is 5.82 Å². The lowest BCUT2D eigenvalue weighted by molar-refractivity contribution is -0.140. The number of imide groups is 1. The highest BCUT2D eigenvalue weighted by molar-refractivity contribution is 6.32. The van der Waals surface area contributed by atoms with Crippen LogP contribution in [0.4, 0.5) is 9.18 Å². The van der Waals surface area contributed by atoms with Crippen LogP contribution in [0.2, 0.25) is 5.02 Å². The minimum atomic E-state index is -1.48. The molecule has 2 aromatic rings. The van der Waals surface area contributed by atoms with Crippen LogP contribution in [0.5, 0.6) is 0 Å².